The second-order valence-corrected chi connectivity index (χ2v) is 10.1. The molecule has 2 unspecified atom stereocenters. The molecule has 2 aliphatic heterocycles. The Balaban J connectivity index is 1.67. The van der Waals surface area contributed by atoms with Gasteiger partial charge in [-0.1, -0.05) is 23.8 Å². The highest BCUT2D eigenvalue weighted by Gasteiger charge is 2.29. The summed E-state index contributed by atoms with van der Waals surface area (Å²) in [5.41, 5.74) is 3.75. The number of sulfonamides is 1. The van der Waals surface area contributed by atoms with E-state index in [0.29, 0.717) is 26.2 Å². The number of rotatable bonds is 5. The van der Waals surface area contributed by atoms with Crippen molar-refractivity contribution >= 4 is 16.0 Å². The molecular weight excluding hydrogens is 388 g/mol. The number of nitrogens with one attached hydrogen (secondary N) is 1. The van der Waals surface area contributed by atoms with Crippen molar-refractivity contribution < 1.29 is 13.2 Å². The molecule has 2 atom stereocenters. The van der Waals surface area contributed by atoms with Crippen LogP contribution in [0.1, 0.15) is 36.1 Å². The number of morpholine rings is 1. The molecule has 3 rings (SSSR count). The van der Waals surface area contributed by atoms with E-state index in [0.717, 1.165) is 32.0 Å². The lowest BCUT2D eigenvalue weighted by Gasteiger charge is -2.36. The summed E-state index contributed by atoms with van der Waals surface area (Å²) in [4.78, 5) is 7.12. The van der Waals surface area contributed by atoms with Crippen LogP contribution in [-0.2, 0) is 14.8 Å². The van der Waals surface area contributed by atoms with Gasteiger partial charge in [-0.25, -0.2) is 12.7 Å². The maximum absolute atomic E-state index is 11.7. The molecule has 2 saturated heterocycles. The van der Waals surface area contributed by atoms with E-state index in [-0.39, 0.29) is 12.0 Å². The van der Waals surface area contributed by atoms with Crippen LogP contribution >= 0.6 is 0 Å². The molecule has 8 heteroatoms. The Morgan fingerprint density at radius 3 is 2.72 bits per heavy atom. The fourth-order valence-corrected chi connectivity index (χ4v) is 5.02. The predicted octanol–water partition coefficient (Wildman–Crippen LogP) is 1.92. The molecule has 162 valence electrons. The zero-order valence-electron chi connectivity index (χ0n) is 18.0. The quantitative estimate of drug-likeness (QED) is 0.580. The van der Waals surface area contributed by atoms with Gasteiger partial charge in [0.2, 0.25) is 10.0 Å². The summed E-state index contributed by atoms with van der Waals surface area (Å²) in [5, 5.41) is 3.40. The van der Waals surface area contributed by atoms with Crippen LogP contribution in [0.25, 0.3) is 0 Å². The predicted molar refractivity (Wildman–Crippen MR) is 117 cm³/mol. The second-order valence-electron chi connectivity index (χ2n) is 8.14. The molecule has 0 aromatic heterocycles. The van der Waals surface area contributed by atoms with E-state index >= 15 is 0 Å². The van der Waals surface area contributed by atoms with Crippen molar-refractivity contribution in [1.82, 2.24) is 14.5 Å². The lowest BCUT2D eigenvalue weighted by Crippen LogP contribution is -2.48. The second kappa shape index (κ2) is 9.45. The molecule has 2 heterocycles. The first-order valence-electron chi connectivity index (χ1n) is 10.4. The van der Waals surface area contributed by atoms with Gasteiger partial charge in [0.15, 0.2) is 5.96 Å². The van der Waals surface area contributed by atoms with Crippen LogP contribution in [0.15, 0.2) is 23.2 Å². The molecule has 0 bridgehead atoms. The van der Waals surface area contributed by atoms with Gasteiger partial charge in [0.25, 0.3) is 0 Å². The van der Waals surface area contributed by atoms with Crippen LogP contribution in [0, 0.1) is 19.8 Å². The zero-order valence-corrected chi connectivity index (χ0v) is 18.8. The van der Waals surface area contributed by atoms with Crippen molar-refractivity contribution in [3.8, 4) is 0 Å². The highest BCUT2D eigenvalue weighted by atomic mass is 32.2. The summed E-state index contributed by atoms with van der Waals surface area (Å²) in [6.45, 7) is 11.1. The Labute approximate surface area is 175 Å². The molecule has 0 spiro atoms. The number of hydrogen-bond donors (Lipinski definition) is 1. The maximum Gasteiger partial charge on any atom is 0.211 e. The molecule has 0 saturated carbocycles. The van der Waals surface area contributed by atoms with Gasteiger partial charge < -0.3 is 15.0 Å². The fourth-order valence-electron chi connectivity index (χ4n) is 4.11. The van der Waals surface area contributed by atoms with Gasteiger partial charge in [-0.3, -0.25) is 4.99 Å². The normalized spacial score (nSPS) is 24.1. The smallest absolute Gasteiger partial charge is 0.211 e. The number of ether oxygens (including phenoxy) is 1. The molecule has 1 aromatic carbocycles. The molecular formula is C21H34N4O3S. The van der Waals surface area contributed by atoms with Crippen molar-refractivity contribution in [3.05, 3.63) is 34.9 Å². The number of aliphatic imine (C=N–C) groups is 1. The average molecular weight is 423 g/mol. The van der Waals surface area contributed by atoms with E-state index in [1.165, 1.54) is 22.9 Å². The molecule has 2 fully saturated rings. The minimum atomic E-state index is -3.11. The highest BCUT2D eigenvalue weighted by molar-refractivity contribution is 7.88. The van der Waals surface area contributed by atoms with Gasteiger partial charge in [-0.2, -0.15) is 0 Å². The summed E-state index contributed by atoms with van der Waals surface area (Å²) in [6.07, 6.45) is 2.17. The van der Waals surface area contributed by atoms with Crippen molar-refractivity contribution in [3.63, 3.8) is 0 Å². The van der Waals surface area contributed by atoms with Crippen LogP contribution in [0.5, 0.6) is 0 Å². The van der Waals surface area contributed by atoms with Gasteiger partial charge >= 0.3 is 0 Å². The SMILES string of the molecule is CCNC(=NCC1CCN(S(C)(=O)=O)C1)N1CCOC(c2ccc(C)cc2C)C1. The standard InChI is InChI=1S/C21H34N4O3S/c1-5-22-21(23-13-18-8-9-25(14-18)29(4,26)27)24-10-11-28-20(15-24)19-7-6-16(2)12-17(19)3/h6-7,12,18,20H,5,8-11,13-15H2,1-4H3,(H,22,23). The van der Waals surface area contributed by atoms with E-state index in [1.807, 2.05) is 0 Å². The third kappa shape index (κ3) is 5.71. The van der Waals surface area contributed by atoms with Crippen LogP contribution in [-0.4, -0.2) is 75.7 Å². The summed E-state index contributed by atoms with van der Waals surface area (Å²) < 4.78 is 31.1. The van der Waals surface area contributed by atoms with Gasteiger partial charge in [0.05, 0.1) is 19.4 Å². The molecule has 0 radical (unpaired) electrons. The first kappa shape index (κ1) is 22.1. The minimum Gasteiger partial charge on any atom is -0.370 e. The Kier molecular flexibility index (Phi) is 7.19. The van der Waals surface area contributed by atoms with Crippen LogP contribution in [0.2, 0.25) is 0 Å². The van der Waals surface area contributed by atoms with E-state index in [9.17, 15) is 8.42 Å². The van der Waals surface area contributed by atoms with Gasteiger partial charge in [0, 0.05) is 32.7 Å². The Hall–Kier alpha value is -1.64. The van der Waals surface area contributed by atoms with E-state index in [2.05, 4.69) is 49.2 Å². The van der Waals surface area contributed by atoms with Crippen LogP contribution in [0.3, 0.4) is 0 Å². The van der Waals surface area contributed by atoms with Crippen molar-refractivity contribution in [2.75, 3.05) is 52.1 Å². The number of hydrogen-bond acceptors (Lipinski definition) is 4. The van der Waals surface area contributed by atoms with Crippen molar-refractivity contribution in [1.29, 1.82) is 0 Å². The number of aryl methyl sites for hydroxylation is 2. The molecule has 1 aromatic rings. The van der Waals surface area contributed by atoms with E-state index < -0.39 is 10.0 Å². The fraction of sp³-hybridized carbons (Fsp3) is 0.667. The van der Waals surface area contributed by atoms with Gasteiger partial charge in [0.1, 0.15) is 6.10 Å². The van der Waals surface area contributed by atoms with Crippen molar-refractivity contribution in [2.45, 2.75) is 33.3 Å². The van der Waals surface area contributed by atoms with Crippen molar-refractivity contribution in [2.24, 2.45) is 10.9 Å². The van der Waals surface area contributed by atoms with Gasteiger partial charge in [-0.05, 0) is 44.2 Å². The number of guanidine groups is 1. The average Bonchev–Trinajstić information content (AvgIpc) is 3.15. The topological polar surface area (TPSA) is 74.2 Å². The third-order valence-electron chi connectivity index (χ3n) is 5.69. The molecule has 0 amide bonds. The lowest BCUT2D eigenvalue weighted by molar-refractivity contribution is -0.00835. The molecule has 0 aliphatic carbocycles. The molecule has 2 aliphatic rings. The lowest BCUT2D eigenvalue weighted by atomic mass is 10.00. The monoisotopic (exact) mass is 422 g/mol. The Morgan fingerprint density at radius 1 is 1.28 bits per heavy atom. The molecule has 1 N–H and O–H groups in total. The largest absolute Gasteiger partial charge is 0.370 e. The zero-order chi connectivity index (χ0) is 21.0. The van der Waals surface area contributed by atoms with E-state index in [4.69, 9.17) is 9.73 Å². The highest BCUT2D eigenvalue weighted by Crippen LogP contribution is 2.26. The van der Waals surface area contributed by atoms with Gasteiger partial charge in [-0.15, -0.1) is 0 Å². The summed E-state index contributed by atoms with van der Waals surface area (Å²) in [7, 11) is -3.11. The molecule has 29 heavy (non-hydrogen) atoms. The first-order valence-corrected chi connectivity index (χ1v) is 12.3. The summed E-state index contributed by atoms with van der Waals surface area (Å²) >= 11 is 0. The Bertz CT molecular complexity index is 840. The summed E-state index contributed by atoms with van der Waals surface area (Å²) in [5.74, 6) is 1.16. The van der Waals surface area contributed by atoms with Crippen LogP contribution in [0.4, 0.5) is 0 Å². The molecule has 7 nitrogen and oxygen atoms in total. The summed E-state index contributed by atoms with van der Waals surface area (Å²) in [6, 6.07) is 6.50. The number of nitrogens with zero attached hydrogens (tertiary/aromatic N) is 3. The van der Waals surface area contributed by atoms with Crippen LogP contribution < -0.4 is 5.32 Å². The number of benzene rings is 1. The van der Waals surface area contributed by atoms with E-state index in [1.54, 1.807) is 4.31 Å². The minimum absolute atomic E-state index is 0.0282. The third-order valence-corrected chi connectivity index (χ3v) is 6.96. The Morgan fingerprint density at radius 2 is 2.07 bits per heavy atom. The first-order chi connectivity index (χ1) is 13.8. The maximum atomic E-state index is 11.7.